The summed E-state index contributed by atoms with van der Waals surface area (Å²) in [6, 6.07) is 10.3. The normalized spacial score (nSPS) is 11.4. The highest BCUT2D eigenvalue weighted by Crippen LogP contribution is 2.22. The largest absolute Gasteiger partial charge is 0.481 e. The van der Waals surface area contributed by atoms with Gasteiger partial charge in [0.1, 0.15) is 30.8 Å². The Labute approximate surface area is 175 Å². The molecule has 0 aliphatic carbocycles. The van der Waals surface area contributed by atoms with Crippen LogP contribution in [0.15, 0.2) is 53.4 Å². The first kappa shape index (κ1) is 22.8. The van der Waals surface area contributed by atoms with Gasteiger partial charge in [0.15, 0.2) is 0 Å². The fourth-order valence-electron chi connectivity index (χ4n) is 2.35. The minimum atomic E-state index is -4.09. The number of carbonyl (C=O) groups excluding carboxylic acids is 1. The maximum absolute atomic E-state index is 12.7. The number of benzene rings is 2. The molecule has 0 bridgehead atoms. The zero-order valence-corrected chi connectivity index (χ0v) is 16.9. The first-order valence-electron chi connectivity index (χ1n) is 8.66. The van der Waals surface area contributed by atoms with Gasteiger partial charge < -0.3 is 9.47 Å². The summed E-state index contributed by atoms with van der Waals surface area (Å²) in [4.78, 5) is 12.0. The summed E-state index contributed by atoms with van der Waals surface area (Å²) in [6.07, 6.45) is 5.13. The second kappa shape index (κ2) is 10.9. The summed E-state index contributed by atoms with van der Waals surface area (Å²) >= 11 is 0. The van der Waals surface area contributed by atoms with Crippen molar-refractivity contribution in [1.29, 1.82) is 0 Å². The van der Waals surface area contributed by atoms with Crippen LogP contribution in [-0.4, -0.2) is 32.7 Å². The SMILES string of the molecule is C#CCOc1ccc(C(NS(=O)(=O)c2ccc(OCC#CC)cc2)C(=O)NO)cc1. The lowest BCUT2D eigenvalue weighted by atomic mass is 10.1. The Balaban J connectivity index is 2.21. The smallest absolute Gasteiger partial charge is 0.266 e. The van der Waals surface area contributed by atoms with Crippen molar-refractivity contribution in [2.75, 3.05) is 13.2 Å². The molecule has 0 spiro atoms. The van der Waals surface area contributed by atoms with E-state index in [1.807, 2.05) is 0 Å². The summed E-state index contributed by atoms with van der Waals surface area (Å²) in [7, 11) is -4.09. The van der Waals surface area contributed by atoms with Gasteiger partial charge in [0.05, 0.1) is 4.90 Å². The predicted molar refractivity (Wildman–Crippen MR) is 109 cm³/mol. The molecule has 9 heteroatoms. The average Bonchev–Trinajstić information content (AvgIpc) is 2.76. The Hall–Kier alpha value is -3.50. The average molecular weight is 428 g/mol. The van der Waals surface area contributed by atoms with Crippen LogP contribution in [0.25, 0.3) is 0 Å². The second-order valence-corrected chi connectivity index (χ2v) is 7.49. The monoisotopic (exact) mass is 428 g/mol. The van der Waals surface area contributed by atoms with Crippen molar-refractivity contribution in [2.24, 2.45) is 0 Å². The lowest BCUT2D eigenvalue weighted by molar-refractivity contribution is -0.131. The number of nitrogens with one attached hydrogen (secondary N) is 2. The number of amides is 1. The van der Waals surface area contributed by atoms with Crippen molar-refractivity contribution in [2.45, 2.75) is 17.9 Å². The lowest BCUT2D eigenvalue weighted by Gasteiger charge is -2.18. The molecule has 0 fully saturated rings. The van der Waals surface area contributed by atoms with Gasteiger partial charge in [0.25, 0.3) is 5.91 Å². The molecule has 0 aromatic heterocycles. The Bertz CT molecular complexity index is 1060. The van der Waals surface area contributed by atoms with Crippen LogP contribution in [0, 0.1) is 24.2 Å². The quantitative estimate of drug-likeness (QED) is 0.318. The predicted octanol–water partition coefficient (Wildman–Crippen LogP) is 1.63. The van der Waals surface area contributed by atoms with Crippen LogP contribution in [0.1, 0.15) is 18.5 Å². The van der Waals surface area contributed by atoms with E-state index in [1.165, 1.54) is 54.0 Å². The fraction of sp³-hybridized carbons (Fsp3) is 0.190. The minimum absolute atomic E-state index is 0.0667. The van der Waals surface area contributed by atoms with Crippen molar-refractivity contribution >= 4 is 15.9 Å². The first-order valence-corrected chi connectivity index (χ1v) is 10.1. The summed E-state index contributed by atoms with van der Waals surface area (Å²) < 4.78 is 38.3. The maximum atomic E-state index is 12.7. The molecule has 2 rings (SSSR count). The molecule has 2 aromatic rings. The van der Waals surface area contributed by atoms with E-state index in [2.05, 4.69) is 22.5 Å². The van der Waals surface area contributed by atoms with Crippen LogP contribution < -0.4 is 19.7 Å². The Morgan fingerprint density at radius 1 is 1.07 bits per heavy atom. The topological polar surface area (TPSA) is 114 Å². The van der Waals surface area contributed by atoms with Gasteiger partial charge in [-0.15, -0.1) is 12.3 Å². The van der Waals surface area contributed by atoms with E-state index in [0.717, 1.165) is 0 Å². The van der Waals surface area contributed by atoms with Crippen molar-refractivity contribution in [3.8, 4) is 35.7 Å². The lowest BCUT2D eigenvalue weighted by Crippen LogP contribution is -2.39. The van der Waals surface area contributed by atoms with Gasteiger partial charge in [-0.05, 0) is 48.9 Å². The molecule has 30 heavy (non-hydrogen) atoms. The number of carbonyl (C=O) groups is 1. The Kier molecular flexibility index (Phi) is 8.27. The van der Waals surface area contributed by atoms with Crippen LogP contribution in [0.5, 0.6) is 11.5 Å². The van der Waals surface area contributed by atoms with Crippen LogP contribution in [0.3, 0.4) is 0 Å². The van der Waals surface area contributed by atoms with Gasteiger partial charge in [-0.3, -0.25) is 10.0 Å². The van der Waals surface area contributed by atoms with E-state index < -0.39 is 22.0 Å². The van der Waals surface area contributed by atoms with Gasteiger partial charge in [-0.2, -0.15) is 4.72 Å². The molecular weight excluding hydrogens is 408 g/mol. The number of hydroxylamine groups is 1. The molecule has 0 saturated heterocycles. The third kappa shape index (κ3) is 6.26. The molecule has 8 nitrogen and oxygen atoms in total. The minimum Gasteiger partial charge on any atom is -0.481 e. The van der Waals surface area contributed by atoms with Crippen molar-refractivity contribution in [3.05, 3.63) is 54.1 Å². The van der Waals surface area contributed by atoms with E-state index in [-0.39, 0.29) is 23.7 Å². The number of ether oxygens (including phenoxy) is 2. The number of terminal acetylenes is 1. The number of rotatable bonds is 9. The second-order valence-electron chi connectivity index (χ2n) is 5.78. The van der Waals surface area contributed by atoms with Gasteiger partial charge in [0, 0.05) is 0 Å². The van der Waals surface area contributed by atoms with E-state index in [4.69, 9.17) is 21.1 Å². The van der Waals surface area contributed by atoms with E-state index >= 15 is 0 Å². The molecular formula is C21H20N2O6S. The Morgan fingerprint density at radius 2 is 1.63 bits per heavy atom. The molecule has 0 radical (unpaired) electrons. The highest BCUT2D eigenvalue weighted by molar-refractivity contribution is 7.89. The van der Waals surface area contributed by atoms with Crippen LogP contribution in [0.4, 0.5) is 0 Å². The molecule has 1 amide bonds. The van der Waals surface area contributed by atoms with E-state index in [9.17, 15) is 13.2 Å². The molecule has 1 unspecified atom stereocenters. The number of sulfonamides is 1. The zero-order chi connectivity index (χ0) is 22.0. The first-order chi connectivity index (χ1) is 14.4. The third-order valence-corrected chi connectivity index (χ3v) is 5.24. The zero-order valence-electron chi connectivity index (χ0n) is 16.1. The number of hydrogen-bond acceptors (Lipinski definition) is 6. The van der Waals surface area contributed by atoms with E-state index in [1.54, 1.807) is 6.92 Å². The highest BCUT2D eigenvalue weighted by atomic mass is 32.2. The standard InChI is InChI=1S/C21H20N2O6S/c1-3-5-15-29-18-10-12-19(13-11-18)30(26,27)23-20(21(24)22-25)16-6-8-17(9-7-16)28-14-4-2/h2,6-13,20,23,25H,14-15H2,1H3,(H,22,24). The van der Waals surface area contributed by atoms with Crippen LogP contribution in [-0.2, 0) is 14.8 Å². The van der Waals surface area contributed by atoms with Crippen molar-refractivity contribution < 1.29 is 27.9 Å². The molecule has 0 aliphatic heterocycles. The number of hydrogen-bond donors (Lipinski definition) is 3. The molecule has 0 saturated carbocycles. The van der Waals surface area contributed by atoms with Gasteiger partial charge >= 0.3 is 0 Å². The molecule has 156 valence electrons. The van der Waals surface area contributed by atoms with Crippen LogP contribution >= 0.6 is 0 Å². The molecule has 2 aromatic carbocycles. The maximum Gasteiger partial charge on any atom is 0.266 e. The van der Waals surface area contributed by atoms with Crippen molar-refractivity contribution in [1.82, 2.24) is 10.2 Å². The molecule has 1 atom stereocenters. The summed E-state index contributed by atoms with van der Waals surface area (Å²) in [6.45, 7) is 1.93. The highest BCUT2D eigenvalue weighted by Gasteiger charge is 2.27. The molecule has 0 aliphatic rings. The van der Waals surface area contributed by atoms with Gasteiger partial charge in [-0.1, -0.05) is 24.0 Å². The van der Waals surface area contributed by atoms with Crippen molar-refractivity contribution in [3.63, 3.8) is 0 Å². The van der Waals surface area contributed by atoms with Crippen LogP contribution in [0.2, 0.25) is 0 Å². The van der Waals surface area contributed by atoms with Gasteiger partial charge in [-0.25, -0.2) is 13.9 Å². The summed E-state index contributed by atoms with van der Waals surface area (Å²) in [5.74, 6) is 7.68. The summed E-state index contributed by atoms with van der Waals surface area (Å²) in [5, 5.41) is 9.04. The Morgan fingerprint density at radius 3 is 2.17 bits per heavy atom. The van der Waals surface area contributed by atoms with Gasteiger partial charge in [0.2, 0.25) is 10.0 Å². The fourth-order valence-corrected chi connectivity index (χ4v) is 3.53. The molecule has 0 heterocycles. The third-order valence-electron chi connectivity index (χ3n) is 3.80. The summed E-state index contributed by atoms with van der Waals surface area (Å²) in [5.41, 5.74) is 1.76. The molecule has 3 N–H and O–H groups in total. The van der Waals surface area contributed by atoms with E-state index in [0.29, 0.717) is 11.5 Å².